The Morgan fingerprint density at radius 2 is 1.70 bits per heavy atom. The molecule has 2 aromatic carbocycles. The molecule has 1 saturated heterocycles. The Kier molecular flexibility index (Phi) is 8.66. The van der Waals surface area contributed by atoms with Crippen LogP contribution in [0.15, 0.2) is 42.5 Å². The average Bonchev–Trinajstić information content (AvgIpc) is 3.05. The van der Waals surface area contributed by atoms with E-state index in [1.54, 1.807) is 26.0 Å². The molecule has 1 aliphatic heterocycles. The van der Waals surface area contributed by atoms with Gasteiger partial charge in [-0.25, -0.2) is 19.3 Å². The second-order valence-electron chi connectivity index (χ2n) is 10.0. The molecule has 0 aromatic heterocycles. The van der Waals surface area contributed by atoms with Crippen molar-refractivity contribution in [1.29, 1.82) is 0 Å². The standard InChI is InChI=1S/C27H31F3N4O6/c1-15(2)12-20(22(35)36)34-23(37)26(4,27(28,29)30)33(25(34)39)14-17-10-11-19(21(13-17)40-5)32-24(38)31-18-9-7-6-8-16(18)3/h6-11,13,15,20H,12,14H2,1-5H3,(H,35,36)(H2,31,32,38)/t20-,26?/m0/s1. The normalized spacial score (nSPS) is 18.2. The molecule has 0 aliphatic carbocycles. The van der Waals surface area contributed by atoms with Crippen LogP contribution < -0.4 is 15.4 Å². The van der Waals surface area contributed by atoms with Gasteiger partial charge in [-0.05, 0) is 55.5 Å². The Bertz CT molecular complexity index is 1320. The van der Waals surface area contributed by atoms with Crippen LogP contribution in [0.3, 0.4) is 0 Å². The third-order valence-electron chi connectivity index (χ3n) is 6.70. The highest BCUT2D eigenvalue weighted by molar-refractivity contribution is 6.09. The Balaban J connectivity index is 1.91. The molecule has 40 heavy (non-hydrogen) atoms. The number of rotatable bonds is 9. The number of carbonyl (C=O) groups is 4. The Morgan fingerprint density at radius 1 is 1.07 bits per heavy atom. The predicted molar refractivity (Wildman–Crippen MR) is 140 cm³/mol. The molecule has 3 N–H and O–H groups in total. The number of para-hydroxylation sites is 1. The fourth-order valence-corrected chi connectivity index (χ4v) is 4.41. The lowest BCUT2D eigenvalue weighted by atomic mass is 9.97. The monoisotopic (exact) mass is 564 g/mol. The van der Waals surface area contributed by atoms with Gasteiger partial charge in [-0.15, -0.1) is 0 Å². The van der Waals surface area contributed by atoms with Crippen molar-refractivity contribution in [1.82, 2.24) is 9.80 Å². The van der Waals surface area contributed by atoms with Crippen LogP contribution in [0.2, 0.25) is 0 Å². The summed E-state index contributed by atoms with van der Waals surface area (Å²) in [7, 11) is 1.29. The fraction of sp³-hybridized carbons (Fsp3) is 0.407. The number of aryl methyl sites for hydroxylation is 1. The van der Waals surface area contributed by atoms with Crippen molar-refractivity contribution >= 4 is 35.3 Å². The van der Waals surface area contributed by atoms with Crippen molar-refractivity contribution in [3.05, 3.63) is 53.6 Å². The minimum atomic E-state index is -5.20. The number of benzene rings is 2. The summed E-state index contributed by atoms with van der Waals surface area (Å²) < 4.78 is 48.2. The van der Waals surface area contributed by atoms with E-state index in [0.717, 1.165) is 5.56 Å². The topological polar surface area (TPSA) is 128 Å². The summed E-state index contributed by atoms with van der Waals surface area (Å²) in [6.07, 6.45) is -5.41. The molecule has 2 aromatic rings. The van der Waals surface area contributed by atoms with Crippen molar-refractivity contribution in [2.24, 2.45) is 5.92 Å². The number of urea groups is 2. The first-order valence-electron chi connectivity index (χ1n) is 12.4. The van der Waals surface area contributed by atoms with Crippen molar-refractivity contribution < 1.29 is 42.2 Å². The van der Waals surface area contributed by atoms with Gasteiger partial charge < -0.3 is 20.5 Å². The molecule has 10 nitrogen and oxygen atoms in total. The van der Waals surface area contributed by atoms with Gasteiger partial charge in [-0.2, -0.15) is 13.2 Å². The van der Waals surface area contributed by atoms with Crippen LogP contribution in [0, 0.1) is 12.8 Å². The quantitative estimate of drug-likeness (QED) is 0.358. The van der Waals surface area contributed by atoms with Crippen molar-refractivity contribution in [2.45, 2.75) is 58.4 Å². The number of hydrogen-bond acceptors (Lipinski definition) is 5. The van der Waals surface area contributed by atoms with E-state index in [1.807, 2.05) is 19.1 Å². The highest BCUT2D eigenvalue weighted by atomic mass is 19.4. The second kappa shape index (κ2) is 11.4. The summed E-state index contributed by atoms with van der Waals surface area (Å²) in [6.45, 7) is 4.95. The summed E-state index contributed by atoms with van der Waals surface area (Å²) in [5.41, 5.74) is -1.56. The molecule has 0 bridgehead atoms. The van der Waals surface area contributed by atoms with Gasteiger partial charge in [0.05, 0.1) is 12.8 Å². The van der Waals surface area contributed by atoms with Gasteiger partial charge in [0.25, 0.3) is 5.91 Å². The number of nitrogens with zero attached hydrogens (tertiary/aromatic N) is 2. The highest BCUT2D eigenvalue weighted by Crippen LogP contribution is 2.44. The molecule has 3 rings (SSSR count). The van der Waals surface area contributed by atoms with E-state index in [1.165, 1.54) is 25.3 Å². The van der Waals surface area contributed by atoms with Crippen LogP contribution >= 0.6 is 0 Å². The lowest BCUT2D eigenvalue weighted by molar-refractivity contribution is -0.212. The minimum absolute atomic E-state index is 0.0872. The Morgan fingerprint density at radius 3 is 2.25 bits per heavy atom. The molecule has 1 fully saturated rings. The number of carboxylic acids is 1. The van der Waals surface area contributed by atoms with Crippen LogP contribution in [-0.4, -0.2) is 63.7 Å². The smallest absolute Gasteiger partial charge is 0.420 e. The number of carboxylic acid groups (broad SMARTS) is 1. The first kappa shape index (κ1) is 30.3. The lowest BCUT2D eigenvalue weighted by Gasteiger charge is -2.33. The van der Waals surface area contributed by atoms with Crippen LogP contribution in [0.4, 0.5) is 34.1 Å². The molecule has 1 aliphatic rings. The van der Waals surface area contributed by atoms with Crippen molar-refractivity contribution in [3.63, 3.8) is 0 Å². The predicted octanol–water partition coefficient (Wildman–Crippen LogP) is 5.23. The van der Waals surface area contributed by atoms with Gasteiger partial charge in [0.15, 0.2) is 0 Å². The maximum Gasteiger partial charge on any atom is 0.420 e. The van der Waals surface area contributed by atoms with Gasteiger partial charge >= 0.3 is 24.2 Å². The van der Waals surface area contributed by atoms with Crippen LogP contribution in [0.5, 0.6) is 5.75 Å². The van der Waals surface area contributed by atoms with E-state index in [0.29, 0.717) is 17.5 Å². The van der Waals surface area contributed by atoms with E-state index in [2.05, 4.69) is 10.6 Å². The summed E-state index contributed by atoms with van der Waals surface area (Å²) in [5, 5.41) is 14.9. The number of aliphatic carboxylic acids is 1. The van der Waals surface area contributed by atoms with Crippen LogP contribution in [0.1, 0.15) is 38.3 Å². The van der Waals surface area contributed by atoms with E-state index in [4.69, 9.17) is 4.74 Å². The maximum absolute atomic E-state index is 14.3. The Labute approximate surface area is 229 Å². The molecule has 1 heterocycles. The van der Waals surface area contributed by atoms with Gasteiger partial charge in [-0.3, -0.25) is 9.69 Å². The average molecular weight is 565 g/mol. The molecular weight excluding hydrogens is 533 g/mol. The molecule has 0 saturated carbocycles. The number of ether oxygens (including phenoxy) is 1. The molecule has 5 amide bonds. The highest BCUT2D eigenvalue weighted by Gasteiger charge is 2.70. The summed E-state index contributed by atoms with van der Waals surface area (Å²) >= 11 is 0. The molecule has 1 unspecified atom stereocenters. The number of methoxy groups -OCH3 is 1. The number of amides is 5. The zero-order valence-electron chi connectivity index (χ0n) is 22.6. The number of anilines is 2. The number of halogens is 3. The zero-order chi connectivity index (χ0) is 30.0. The van der Waals surface area contributed by atoms with Gasteiger partial charge in [0, 0.05) is 12.2 Å². The van der Waals surface area contributed by atoms with E-state index in [-0.39, 0.29) is 34.2 Å². The molecule has 0 spiro atoms. The summed E-state index contributed by atoms with van der Waals surface area (Å²) in [5.74, 6) is -3.47. The summed E-state index contributed by atoms with van der Waals surface area (Å²) in [4.78, 5) is 51.3. The first-order valence-corrected chi connectivity index (χ1v) is 12.4. The SMILES string of the molecule is COc1cc(CN2C(=O)N([C@@H](CC(C)C)C(=O)O)C(=O)C2(C)C(F)(F)F)ccc1NC(=O)Nc1ccccc1C. The second-order valence-corrected chi connectivity index (χ2v) is 10.0. The third-order valence-corrected chi connectivity index (χ3v) is 6.70. The number of nitrogens with one attached hydrogen (secondary N) is 2. The van der Waals surface area contributed by atoms with Gasteiger partial charge in [0.1, 0.15) is 11.8 Å². The van der Waals surface area contributed by atoms with Gasteiger partial charge in [-0.1, -0.05) is 38.1 Å². The van der Waals surface area contributed by atoms with Crippen molar-refractivity contribution in [2.75, 3.05) is 17.7 Å². The van der Waals surface area contributed by atoms with Crippen LogP contribution in [-0.2, 0) is 16.1 Å². The van der Waals surface area contributed by atoms with E-state index >= 15 is 0 Å². The number of hydrogen-bond donors (Lipinski definition) is 3. The molecule has 0 radical (unpaired) electrons. The molecule has 2 atom stereocenters. The first-order chi connectivity index (χ1) is 18.6. The Hall–Kier alpha value is -4.29. The number of alkyl halides is 3. The van der Waals surface area contributed by atoms with E-state index < -0.39 is 48.2 Å². The summed E-state index contributed by atoms with van der Waals surface area (Å²) in [6, 6.07) is 7.44. The van der Waals surface area contributed by atoms with E-state index in [9.17, 15) is 37.5 Å². The molecule has 13 heteroatoms. The number of carbonyl (C=O) groups excluding carboxylic acids is 3. The maximum atomic E-state index is 14.3. The molecule has 216 valence electrons. The molecular formula is C27H31F3N4O6. The lowest BCUT2D eigenvalue weighted by Crippen LogP contribution is -2.58. The van der Waals surface area contributed by atoms with Gasteiger partial charge in [0.2, 0.25) is 5.54 Å². The largest absolute Gasteiger partial charge is 0.495 e. The van der Waals surface area contributed by atoms with Crippen LogP contribution in [0.25, 0.3) is 0 Å². The number of imide groups is 1. The third kappa shape index (κ3) is 5.82. The fourth-order valence-electron chi connectivity index (χ4n) is 4.41. The minimum Gasteiger partial charge on any atom is -0.495 e. The van der Waals surface area contributed by atoms with Crippen molar-refractivity contribution in [3.8, 4) is 5.75 Å². The zero-order valence-corrected chi connectivity index (χ0v) is 22.6.